The van der Waals surface area contributed by atoms with E-state index in [2.05, 4.69) is 53.2 Å². The van der Waals surface area contributed by atoms with E-state index in [1.54, 1.807) is 6.20 Å². The van der Waals surface area contributed by atoms with Crippen molar-refractivity contribution in [2.75, 3.05) is 24.3 Å². The zero-order valence-electron chi connectivity index (χ0n) is 19.3. The first-order valence-electron chi connectivity index (χ1n) is 10.4. The molecule has 172 valence electrons. The molecule has 33 heavy (non-hydrogen) atoms. The van der Waals surface area contributed by atoms with Gasteiger partial charge in [-0.05, 0) is 23.1 Å². The van der Waals surface area contributed by atoms with Crippen LogP contribution in [0.1, 0.15) is 36.8 Å². The van der Waals surface area contributed by atoms with Crippen LogP contribution in [0.5, 0.6) is 0 Å². The van der Waals surface area contributed by atoms with Gasteiger partial charge in [-0.3, -0.25) is 10.1 Å². The van der Waals surface area contributed by atoms with Gasteiger partial charge in [-0.1, -0.05) is 57.2 Å². The van der Waals surface area contributed by atoms with Gasteiger partial charge in [-0.15, -0.1) is 23.7 Å². The molecule has 0 radical (unpaired) electrons. The molecule has 0 bridgehead atoms. The van der Waals surface area contributed by atoms with Crippen molar-refractivity contribution in [2.45, 2.75) is 26.2 Å². The minimum absolute atomic E-state index is 0. The molecule has 0 saturated carbocycles. The number of thiazole rings is 1. The van der Waals surface area contributed by atoms with E-state index >= 15 is 0 Å². The molecule has 0 fully saturated rings. The van der Waals surface area contributed by atoms with Crippen LogP contribution < -0.4 is 10.2 Å². The smallest absolute Gasteiger partial charge is 0.278 e. The highest BCUT2D eigenvalue weighted by molar-refractivity contribution is 7.13. The Kier molecular flexibility index (Phi) is 7.25. The molecule has 0 aliphatic carbocycles. The average molecular weight is 482 g/mol. The zero-order chi connectivity index (χ0) is 22.9. The van der Waals surface area contributed by atoms with E-state index in [1.807, 2.05) is 60.8 Å². The Bertz CT molecular complexity index is 1210. The maximum absolute atomic E-state index is 13.1. The second kappa shape index (κ2) is 9.77. The lowest BCUT2D eigenvalue weighted by molar-refractivity contribution is 0.102. The van der Waals surface area contributed by atoms with Gasteiger partial charge in [-0.2, -0.15) is 0 Å². The van der Waals surface area contributed by atoms with Gasteiger partial charge in [0, 0.05) is 42.5 Å². The van der Waals surface area contributed by atoms with Crippen molar-refractivity contribution in [3.63, 3.8) is 0 Å². The fraction of sp³-hybridized carbons (Fsp3) is 0.240. The molecule has 8 heteroatoms. The summed E-state index contributed by atoms with van der Waals surface area (Å²) < 4.78 is 0. The molecule has 4 rings (SSSR count). The summed E-state index contributed by atoms with van der Waals surface area (Å²) >= 11 is 1.37. The van der Waals surface area contributed by atoms with Gasteiger partial charge >= 0.3 is 0 Å². The predicted molar refractivity (Wildman–Crippen MR) is 140 cm³/mol. The Balaban J connectivity index is 0.00000306. The van der Waals surface area contributed by atoms with Crippen LogP contribution >= 0.6 is 23.7 Å². The second-order valence-electron chi connectivity index (χ2n) is 8.87. The predicted octanol–water partition coefficient (Wildman–Crippen LogP) is 6.24. The van der Waals surface area contributed by atoms with Crippen LogP contribution in [-0.4, -0.2) is 35.0 Å². The van der Waals surface area contributed by atoms with E-state index in [9.17, 15) is 4.79 Å². The number of nitrogens with one attached hydrogen (secondary N) is 2. The molecule has 2 aromatic carbocycles. The number of amides is 1. The first-order chi connectivity index (χ1) is 15.2. The van der Waals surface area contributed by atoms with Gasteiger partial charge < -0.3 is 9.88 Å². The SMILES string of the molecule is CN(C)c1ccc(-c2[nH]c(-c3ccc(C(C)(C)C)cc3)nc2C(=O)Nc2nccs2)cc1.Cl. The molecule has 0 aliphatic heterocycles. The summed E-state index contributed by atoms with van der Waals surface area (Å²) in [5, 5.41) is 5.22. The number of aromatic nitrogens is 3. The average Bonchev–Trinajstić information content (AvgIpc) is 3.43. The monoisotopic (exact) mass is 481 g/mol. The molecule has 6 nitrogen and oxygen atoms in total. The Hall–Kier alpha value is -3.16. The van der Waals surface area contributed by atoms with Gasteiger partial charge in [0.25, 0.3) is 5.91 Å². The Morgan fingerprint density at radius 3 is 2.18 bits per heavy atom. The van der Waals surface area contributed by atoms with Crippen LogP contribution in [0.3, 0.4) is 0 Å². The number of benzene rings is 2. The van der Waals surface area contributed by atoms with Crippen molar-refractivity contribution in [3.8, 4) is 22.6 Å². The van der Waals surface area contributed by atoms with E-state index < -0.39 is 0 Å². The van der Waals surface area contributed by atoms with Gasteiger partial charge in [0.15, 0.2) is 10.8 Å². The maximum atomic E-state index is 13.1. The molecule has 0 aliphatic rings. The van der Waals surface area contributed by atoms with E-state index in [4.69, 9.17) is 0 Å². The summed E-state index contributed by atoms with van der Waals surface area (Å²) in [4.78, 5) is 27.3. The Morgan fingerprint density at radius 2 is 1.64 bits per heavy atom. The van der Waals surface area contributed by atoms with Gasteiger partial charge in [0.1, 0.15) is 5.82 Å². The van der Waals surface area contributed by atoms with Crippen LogP contribution in [0, 0.1) is 0 Å². The largest absolute Gasteiger partial charge is 0.378 e. The molecule has 4 aromatic rings. The summed E-state index contributed by atoms with van der Waals surface area (Å²) in [5.41, 5.74) is 5.24. The molecule has 0 unspecified atom stereocenters. The number of nitrogens with zero attached hydrogens (tertiary/aromatic N) is 3. The number of anilines is 2. The lowest BCUT2D eigenvalue weighted by Crippen LogP contribution is -2.13. The highest BCUT2D eigenvalue weighted by Crippen LogP contribution is 2.30. The van der Waals surface area contributed by atoms with E-state index in [-0.39, 0.29) is 23.7 Å². The number of rotatable bonds is 5. The van der Waals surface area contributed by atoms with Crippen LogP contribution in [0.25, 0.3) is 22.6 Å². The lowest BCUT2D eigenvalue weighted by Gasteiger charge is -2.18. The van der Waals surface area contributed by atoms with Crippen LogP contribution in [0.4, 0.5) is 10.8 Å². The van der Waals surface area contributed by atoms with E-state index in [0.29, 0.717) is 22.3 Å². The van der Waals surface area contributed by atoms with Crippen molar-refractivity contribution >= 4 is 40.5 Å². The number of imidazole rings is 1. The molecule has 0 atom stereocenters. The summed E-state index contributed by atoms with van der Waals surface area (Å²) in [5.74, 6) is 0.363. The van der Waals surface area contributed by atoms with Gasteiger partial charge in [0.05, 0.1) is 5.69 Å². The van der Waals surface area contributed by atoms with Crippen LogP contribution in [0.15, 0.2) is 60.1 Å². The number of aromatic amines is 1. The van der Waals surface area contributed by atoms with Gasteiger partial charge in [0.2, 0.25) is 0 Å². The third-order valence-electron chi connectivity index (χ3n) is 5.27. The number of halogens is 1. The number of carbonyl (C=O) groups is 1. The fourth-order valence-corrected chi connectivity index (χ4v) is 3.90. The molecule has 2 aromatic heterocycles. The molecule has 0 spiro atoms. The Morgan fingerprint density at radius 1 is 1.00 bits per heavy atom. The summed E-state index contributed by atoms with van der Waals surface area (Å²) in [6.45, 7) is 6.56. The number of H-pyrrole nitrogens is 1. The Labute approximate surface area is 204 Å². The first-order valence-corrected chi connectivity index (χ1v) is 11.3. The zero-order valence-corrected chi connectivity index (χ0v) is 21.0. The molecule has 2 N–H and O–H groups in total. The third kappa shape index (κ3) is 5.43. The normalized spacial score (nSPS) is 11.1. The standard InChI is InChI=1S/C25H27N5OS.ClH/c1-25(2,3)18-10-6-17(7-11-18)22-27-20(16-8-12-19(13-9-16)30(4)5)21(28-22)23(31)29-24-26-14-15-32-24;/h6-15H,1-5H3,(H,27,28)(H,26,29,31);1H. The van der Waals surface area contributed by atoms with Crippen LogP contribution in [-0.2, 0) is 5.41 Å². The quantitative estimate of drug-likeness (QED) is 0.354. The summed E-state index contributed by atoms with van der Waals surface area (Å²) in [6, 6.07) is 16.3. The van der Waals surface area contributed by atoms with Crippen molar-refractivity contribution in [1.29, 1.82) is 0 Å². The lowest BCUT2D eigenvalue weighted by atomic mass is 9.87. The minimum Gasteiger partial charge on any atom is -0.378 e. The highest BCUT2D eigenvalue weighted by atomic mass is 35.5. The van der Waals surface area contributed by atoms with Crippen LogP contribution in [0.2, 0.25) is 0 Å². The topological polar surface area (TPSA) is 73.9 Å². The van der Waals surface area contributed by atoms with E-state index in [1.165, 1.54) is 16.9 Å². The van der Waals surface area contributed by atoms with E-state index in [0.717, 1.165) is 16.8 Å². The summed E-state index contributed by atoms with van der Waals surface area (Å²) in [6.07, 6.45) is 1.66. The second-order valence-corrected chi connectivity index (χ2v) is 9.76. The van der Waals surface area contributed by atoms with Crippen molar-refractivity contribution in [1.82, 2.24) is 15.0 Å². The number of carbonyl (C=O) groups excluding carboxylic acids is 1. The van der Waals surface area contributed by atoms with Crippen molar-refractivity contribution in [2.24, 2.45) is 0 Å². The third-order valence-corrected chi connectivity index (χ3v) is 5.96. The summed E-state index contributed by atoms with van der Waals surface area (Å²) in [7, 11) is 3.99. The molecular formula is C25H28ClN5OS. The number of hydrogen-bond acceptors (Lipinski definition) is 5. The molecule has 2 heterocycles. The number of hydrogen-bond donors (Lipinski definition) is 2. The van der Waals surface area contributed by atoms with Gasteiger partial charge in [-0.25, -0.2) is 9.97 Å². The minimum atomic E-state index is -0.291. The van der Waals surface area contributed by atoms with Crippen molar-refractivity contribution in [3.05, 3.63) is 71.4 Å². The highest BCUT2D eigenvalue weighted by Gasteiger charge is 2.21. The maximum Gasteiger partial charge on any atom is 0.278 e. The fourth-order valence-electron chi connectivity index (χ4n) is 3.38. The van der Waals surface area contributed by atoms with Crippen molar-refractivity contribution < 1.29 is 4.79 Å². The first kappa shape index (κ1) is 24.5. The molecule has 0 saturated heterocycles. The molecule has 1 amide bonds. The molecular weight excluding hydrogens is 454 g/mol.